The summed E-state index contributed by atoms with van der Waals surface area (Å²) in [6, 6.07) is 4.27. The van der Waals surface area contributed by atoms with Crippen molar-refractivity contribution in [3.63, 3.8) is 0 Å². The number of allylic oxidation sites excluding steroid dienone is 1. The number of esters is 1. The fourth-order valence-electron chi connectivity index (χ4n) is 5.03. The van der Waals surface area contributed by atoms with Crippen LogP contribution in [0.5, 0.6) is 0 Å². The van der Waals surface area contributed by atoms with Crippen molar-refractivity contribution < 1.29 is 18.3 Å². The molecule has 0 unspecified atom stereocenters. The standard InChI is InChI=1S/C24H32F2O2/c1-2-3-24(27)28-21-13-11-20(12-14-21)19-9-6-17(7-10-19)4-5-18-8-15-22(25)23(26)16-18/h2-3,8,15-17,19-21H,4-7,9-14H2,1H3/b3-2+. The number of ether oxygens (including phenoxy) is 1. The first kappa shape index (κ1) is 21.0. The summed E-state index contributed by atoms with van der Waals surface area (Å²) in [4.78, 5) is 11.6. The predicted octanol–water partition coefficient (Wildman–Crippen LogP) is 6.38. The molecule has 2 saturated carbocycles. The summed E-state index contributed by atoms with van der Waals surface area (Å²) in [5.41, 5.74) is 0.895. The second-order valence-corrected chi connectivity index (χ2v) is 8.54. The van der Waals surface area contributed by atoms with Gasteiger partial charge in [-0.3, -0.25) is 0 Å². The topological polar surface area (TPSA) is 26.3 Å². The third kappa shape index (κ3) is 5.89. The first-order valence-corrected chi connectivity index (χ1v) is 10.8. The Morgan fingerprint density at radius 1 is 1.00 bits per heavy atom. The van der Waals surface area contributed by atoms with E-state index in [2.05, 4.69) is 0 Å². The molecule has 0 aromatic heterocycles. The van der Waals surface area contributed by atoms with Crippen LogP contribution < -0.4 is 0 Å². The number of rotatable bonds is 6. The average molecular weight is 391 g/mol. The summed E-state index contributed by atoms with van der Waals surface area (Å²) in [5, 5.41) is 0. The highest BCUT2D eigenvalue weighted by Crippen LogP contribution is 2.41. The molecule has 0 atom stereocenters. The van der Waals surface area contributed by atoms with E-state index in [1.54, 1.807) is 12.1 Å². The van der Waals surface area contributed by atoms with Crippen LogP contribution in [0.25, 0.3) is 0 Å². The Morgan fingerprint density at radius 3 is 2.25 bits per heavy atom. The highest BCUT2D eigenvalue weighted by molar-refractivity contribution is 5.81. The van der Waals surface area contributed by atoms with Crippen LogP contribution in [0.4, 0.5) is 8.78 Å². The van der Waals surface area contributed by atoms with Gasteiger partial charge in [-0.25, -0.2) is 13.6 Å². The molecule has 0 bridgehead atoms. The van der Waals surface area contributed by atoms with Crippen LogP contribution in [-0.2, 0) is 16.0 Å². The van der Waals surface area contributed by atoms with Gasteiger partial charge in [-0.1, -0.05) is 25.0 Å². The lowest BCUT2D eigenvalue weighted by Gasteiger charge is -2.37. The van der Waals surface area contributed by atoms with Crippen LogP contribution in [0.3, 0.4) is 0 Å². The maximum absolute atomic E-state index is 13.3. The summed E-state index contributed by atoms with van der Waals surface area (Å²) in [5.74, 6) is 0.536. The number of carbonyl (C=O) groups is 1. The predicted molar refractivity (Wildman–Crippen MR) is 107 cm³/mol. The number of hydrogen-bond donors (Lipinski definition) is 0. The second-order valence-electron chi connectivity index (χ2n) is 8.54. The molecule has 0 aliphatic heterocycles. The van der Waals surface area contributed by atoms with Gasteiger partial charge < -0.3 is 4.74 Å². The van der Waals surface area contributed by atoms with Crippen molar-refractivity contribution in [2.45, 2.75) is 77.2 Å². The molecule has 0 heterocycles. The van der Waals surface area contributed by atoms with Gasteiger partial charge in [0.15, 0.2) is 11.6 Å². The molecule has 0 saturated heterocycles. The number of carbonyl (C=O) groups excluding carboxylic acids is 1. The molecule has 2 aliphatic rings. The molecule has 1 aromatic carbocycles. The van der Waals surface area contributed by atoms with Crippen LogP contribution in [0.15, 0.2) is 30.4 Å². The van der Waals surface area contributed by atoms with E-state index in [0.717, 1.165) is 55.9 Å². The fourth-order valence-corrected chi connectivity index (χ4v) is 5.03. The number of benzene rings is 1. The molecule has 3 rings (SSSR count). The van der Waals surface area contributed by atoms with Gasteiger partial charge in [0.05, 0.1) is 0 Å². The van der Waals surface area contributed by atoms with Crippen molar-refractivity contribution in [3.8, 4) is 0 Å². The second kappa shape index (κ2) is 10.2. The molecule has 0 radical (unpaired) electrons. The van der Waals surface area contributed by atoms with E-state index in [-0.39, 0.29) is 12.1 Å². The van der Waals surface area contributed by atoms with Gasteiger partial charge in [-0.05, 0) is 93.7 Å². The zero-order chi connectivity index (χ0) is 19.9. The molecule has 2 aliphatic carbocycles. The summed E-state index contributed by atoms with van der Waals surface area (Å²) in [6.07, 6.45) is 14.5. The van der Waals surface area contributed by atoms with Gasteiger partial charge in [0.2, 0.25) is 0 Å². The lowest BCUT2D eigenvalue weighted by Crippen LogP contribution is -2.29. The lowest BCUT2D eigenvalue weighted by atomic mass is 9.70. The van der Waals surface area contributed by atoms with Gasteiger partial charge >= 0.3 is 5.97 Å². The zero-order valence-electron chi connectivity index (χ0n) is 16.8. The monoisotopic (exact) mass is 390 g/mol. The van der Waals surface area contributed by atoms with E-state index in [0.29, 0.717) is 5.92 Å². The molecule has 1 aromatic rings. The largest absolute Gasteiger partial charge is 0.459 e. The summed E-state index contributed by atoms with van der Waals surface area (Å²) >= 11 is 0. The van der Waals surface area contributed by atoms with Crippen molar-refractivity contribution in [3.05, 3.63) is 47.5 Å². The lowest BCUT2D eigenvalue weighted by molar-refractivity contribution is -0.145. The maximum atomic E-state index is 13.3. The maximum Gasteiger partial charge on any atom is 0.330 e. The molecule has 0 spiro atoms. The fraction of sp³-hybridized carbons (Fsp3) is 0.625. The summed E-state index contributed by atoms with van der Waals surface area (Å²) < 4.78 is 31.9. The van der Waals surface area contributed by atoms with Crippen molar-refractivity contribution in [2.75, 3.05) is 0 Å². The number of aryl methyl sites for hydroxylation is 1. The molecular weight excluding hydrogens is 358 g/mol. The van der Waals surface area contributed by atoms with E-state index < -0.39 is 11.6 Å². The number of halogens is 2. The number of hydrogen-bond acceptors (Lipinski definition) is 2. The first-order valence-electron chi connectivity index (χ1n) is 10.8. The minimum Gasteiger partial charge on any atom is -0.459 e. The van der Waals surface area contributed by atoms with Crippen LogP contribution in [0.2, 0.25) is 0 Å². The van der Waals surface area contributed by atoms with E-state index in [4.69, 9.17) is 4.74 Å². The smallest absolute Gasteiger partial charge is 0.330 e. The van der Waals surface area contributed by atoms with Crippen molar-refractivity contribution in [1.29, 1.82) is 0 Å². The molecule has 4 heteroatoms. The summed E-state index contributed by atoms with van der Waals surface area (Å²) in [6.45, 7) is 1.83. The Bertz CT molecular complexity index is 669. The Balaban J connectivity index is 1.36. The zero-order valence-corrected chi connectivity index (χ0v) is 16.8. The van der Waals surface area contributed by atoms with E-state index in [1.807, 2.05) is 6.92 Å². The molecule has 2 fully saturated rings. The third-order valence-electron chi connectivity index (χ3n) is 6.69. The van der Waals surface area contributed by atoms with Crippen LogP contribution >= 0.6 is 0 Å². The highest BCUT2D eigenvalue weighted by atomic mass is 19.2. The third-order valence-corrected chi connectivity index (χ3v) is 6.69. The van der Waals surface area contributed by atoms with Crippen molar-refractivity contribution in [1.82, 2.24) is 0 Å². The molecule has 28 heavy (non-hydrogen) atoms. The van der Waals surface area contributed by atoms with Crippen LogP contribution in [0, 0.1) is 29.4 Å². The van der Waals surface area contributed by atoms with Crippen molar-refractivity contribution in [2.24, 2.45) is 17.8 Å². The van der Waals surface area contributed by atoms with E-state index >= 15 is 0 Å². The average Bonchev–Trinajstić information content (AvgIpc) is 2.70. The van der Waals surface area contributed by atoms with Gasteiger partial charge in [0, 0.05) is 6.08 Å². The Hall–Kier alpha value is -1.71. The van der Waals surface area contributed by atoms with Crippen molar-refractivity contribution >= 4 is 5.97 Å². The molecule has 0 amide bonds. The van der Waals surface area contributed by atoms with Crippen LogP contribution in [0.1, 0.15) is 70.3 Å². The first-order chi connectivity index (χ1) is 13.5. The Morgan fingerprint density at radius 2 is 1.64 bits per heavy atom. The normalized spacial score (nSPS) is 28.4. The molecule has 0 N–H and O–H groups in total. The van der Waals surface area contributed by atoms with Gasteiger partial charge in [0.25, 0.3) is 0 Å². The van der Waals surface area contributed by atoms with Crippen LogP contribution in [-0.4, -0.2) is 12.1 Å². The quantitative estimate of drug-likeness (QED) is 0.416. The molecule has 2 nitrogen and oxygen atoms in total. The van der Waals surface area contributed by atoms with E-state index in [1.165, 1.54) is 43.9 Å². The summed E-state index contributed by atoms with van der Waals surface area (Å²) in [7, 11) is 0. The minimum atomic E-state index is -0.768. The minimum absolute atomic E-state index is 0.0902. The van der Waals surface area contributed by atoms with E-state index in [9.17, 15) is 13.6 Å². The van der Waals surface area contributed by atoms with Gasteiger partial charge in [-0.15, -0.1) is 0 Å². The molecule has 154 valence electrons. The highest BCUT2D eigenvalue weighted by Gasteiger charge is 2.31. The SMILES string of the molecule is C/C=C/C(=O)OC1CCC(C2CCC(CCc3ccc(F)c(F)c3)CC2)CC1. The van der Waals surface area contributed by atoms with Gasteiger partial charge in [-0.2, -0.15) is 0 Å². The Labute approximate surface area is 167 Å². The molecular formula is C24H32F2O2. The Kier molecular flexibility index (Phi) is 7.64. The van der Waals surface area contributed by atoms with Gasteiger partial charge in [0.1, 0.15) is 6.10 Å².